The van der Waals surface area contributed by atoms with Crippen molar-refractivity contribution in [3.63, 3.8) is 0 Å². The van der Waals surface area contributed by atoms with Crippen molar-refractivity contribution in [2.75, 3.05) is 13.1 Å². The highest BCUT2D eigenvalue weighted by Gasteiger charge is 2.26. The number of carboxylic acids is 1. The minimum absolute atomic E-state index is 0.0786. The van der Waals surface area contributed by atoms with Crippen LogP contribution in [0.15, 0.2) is 6.20 Å². The van der Waals surface area contributed by atoms with E-state index in [-0.39, 0.29) is 17.6 Å². The summed E-state index contributed by atoms with van der Waals surface area (Å²) in [5.41, 5.74) is 5.30. The quantitative estimate of drug-likeness (QED) is 0.730. The summed E-state index contributed by atoms with van der Waals surface area (Å²) < 4.78 is 1.47. The summed E-state index contributed by atoms with van der Waals surface area (Å²) >= 11 is 0. The molecule has 1 atom stereocenters. The highest BCUT2D eigenvalue weighted by molar-refractivity contribution is 5.84. The predicted octanol–water partition coefficient (Wildman–Crippen LogP) is -0.684. The van der Waals surface area contributed by atoms with Crippen molar-refractivity contribution in [2.45, 2.75) is 31.8 Å². The number of aromatic carboxylic acids is 1. The normalized spacial score (nSPS) is 20.3. The first-order valence-corrected chi connectivity index (χ1v) is 6.24. The number of hydrogen-bond donors (Lipinski definition) is 2. The SMILES string of the molecule is NC(=O)C1CCCCN1CCn1cc(C(=O)O)nn1. The highest BCUT2D eigenvalue weighted by Crippen LogP contribution is 2.16. The third-order valence-electron chi connectivity index (χ3n) is 3.32. The standard InChI is InChI=1S/C11H17N5O3/c12-10(17)9-3-1-2-4-15(9)5-6-16-7-8(11(18)19)13-14-16/h7,9H,1-6H2,(H2,12,17)(H,18,19). The van der Waals surface area contributed by atoms with Crippen LogP contribution in [0.5, 0.6) is 0 Å². The van der Waals surface area contributed by atoms with Crippen molar-refractivity contribution in [2.24, 2.45) is 5.73 Å². The Bertz CT molecular complexity index is 473. The molecule has 0 radical (unpaired) electrons. The van der Waals surface area contributed by atoms with Gasteiger partial charge in [-0.3, -0.25) is 14.4 Å². The molecule has 2 heterocycles. The molecule has 1 unspecified atom stereocenters. The number of rotatable bonds is 5. The third kappa shape index (κ3) is 3.28. The van der Waals surface area contributed by atoms with E-state index in [1.54, 1.807) is 0 Å². The Hall–Kier alpha value is -1.96. The topological polar surface area (TPSA) is 114 Å². The molecular formula is C11H17N5O3. The van der Waals surface area contributed by atoms with E-state index in [4.69, 9.17) is 10.8 Å². The third-order valence-corrected chi connectivity index (χ3v) is 3.32. The summed E-state index contributed by atoms with van der Waals surface area (Å²) in [6.45, 7) is 1.92. The van der Waals surface area contributed by atoms with E-state index in [0.717, 1.165) is 25.8 Å². The van der Waals surface area contributed by atoms with E-state index >= 15 is 0 Å². The van der Waals surface area contributed by atoms with Crippen molar-refractivity contribution in [1.82, 2.24) is 19.9 Å². The lowest BCUT2D eigenvalue weighted by molar-refractivity contribution is -0.124. The Morgan fingerprint density at radius 2 is 2.21 bits per heavy atom. The van der Waals surface area contributed by atoms with Crippen LogP contribution in [0, 0.1) is 0 Å². The Labute approximate surface area is 110 Å². The molecule has 1 aromatic heterocycles. The smallest absolute Gasteiger partial charge is 0.358 e. The minimum Gasteiger partial charge on any atom is -0.476 e. The van der Waals surface area contributed by atoms with E-state index in [9.17, 15) is 9.59 Å². The summed E-state index contributed by atoms with van der Waals surface area (Å²) in [5, 5.41) is 16.0. The molecule has 0 spiro atoms. The van der Waals surface area contributed by atoms with Crippen LogP contribution in [0.4, 0.5) is 0 Å². The molecule has 3 N–H and O–H groups in total. The van der Waals surface area contributed by atoms with E-state index < -0.39 is 5.97 Å². The van der Waals surface area contributed by atoms with Gasteiger partial charge in [0.2, 0.25) is 5.91 Å². The summed E-state index contributed by atoms with van der Waals surface area (Å²) in [6.07, 6.45) is 4.22. The molecular weight excluding hydrogens is 250 g/mol. The fourth-order valence-corrected chi connectivity index (χ4v) is 2.32. The fourth-order valence-electron chi connectivity index (χ4n) is 2.32. The van der Waals surface area contributed by atoms with Crippen molar-refractivity contribution < 1.29 is 14.7 Å². The number of amides is 1. The van der Waals surface area contributed by atoms with Gasteiger partial charge in [-0.05, 0) is 19.4 Å². The van der Waals surface area contributed by atoms with Crippen LogP contribution in [0.25, 0.3) is 0 Å². The number of carbonyl (C=O) groups excluding carboxylic acids is 1. The van der Waals surface area contributed by atoms with Crippen LogP contribution in [0.1, 0.15) is 29.8 Å². The molecule has 1 amide bonds. The highest BCUT2D eigenvalue weighted by atomic mass is 16.4. The zero-order chi connectivity index (χ0) is 13.8. The second-order valence-electron chi connectivity index (χ2n) is 4.62. The summed E-state index contributed by atoms with van der Waals surface area (Å²) in [4.78, 5) is 24.0. The van der Waals surface area contributed by atoms with E-state index in [1.807, 2.05) is 4.90 Å². The van der Waals surface area contributed by atoms with E-state index in [1.165, 1.54) is 10.9 Å². The average Bonchev–Trinajstić information content (AvgIpc) is 2.85. The zero-order valence-electron chi connectivity index (χ0n) is 10.5. The molecule has 19 heavy (non-hydrogen) atoms. The average molecular weight is 267 g/mol. The lowest BCUT2D eigenvalue weighted by Crippen LogP contribution is -2.48. The van der Waals surface area contributed by atoms with Crippen molar-refractivity contribution in [3.05, 3.63) is 11.9 Å². The molecule has 0 bridgehead atoms. The number of carbonyl (C=O) groups is 2. The molecule has 8 heteroatoms. The van der Waals surface area contributed by atoms with Gasteiger partial charge in [0.1, 0.15) is 0 Å². The Morgan fingerprint density at radius 3 is 2.84 bits per heavy atom. The van der Waals surface area contributed by atoms with Gasteiger partial charge in [0.15, 0.2) is 5.69 Å². The number of hydrogen-bond acceptors (Lipinski definition) is 5. The van der Waals surface area contributed by atoms with E-state index in [0.29, 0.717) is 13.1 Å². The maximum atomic E-state index is 11.3. The number of nitrogens with two attached hydrogens (primary N) is 1. The molecule has 2 rings (SSSR count). The Kier molecular flexibility index (Phi) is 4.10. The van der Waals surface area contributed by atoms with Gasteiger partial charge in [0.25, 0.3) is 0 Å². The number of primary amides is 1. The van der Waals surface area contributed by atoms with Crippen LogP contribution in [0.2, 0.25) is 0 Å². The monoisotopic (exact) mass is 267 g/mol. The first kappa shape index (κ1) is 13.5. The van der Waals surface area contributed by atoms with Gasteiger partial charge >= 0.3 is 5.97 Å². The summed E-state index contributed by atoms with van der Waals surface area (Å²) in [5.74, 6) is -1.40. The maximum absolute atomic E-state index is 11.3. The number of nitrogens with zero attached hydrogens (tertiary/aromatic N) is 4. The first-order valence-electron chi connectivity index (χ1n) is 6.24. The van der Waals surface area contributed by atoms with Crippen molar-refractivity contribution in [3.8, 4) is 0 Å². The lowest BCUT2D eigenvalue weighted by Gasteiger charge is -2.33. The molecule has 1 saturated heterocycles. The largest absolute Gasteiger partial charge is 0.476 e. The van der Waals surface area contributed by atoms with Crippen LogP contribution in [-0.2, 0) is 11.3 Å². The van der Waals surface area contributed by atoms with Crippen LogP contribution in [-0.4, -0.2) is 56.0 Å². The fraction of sp³-hybridized carbons (Fsp3) is 0.636. The van der Waals surface area contributed by atoms with Crippen LogP contribution >= 0.6 is 0 Å². The van der Waals surface area contributed by atoms with E-state index in [2.05, 4.69) is 10.3 Å². The first-order chi connectivity index (χ1) is 9.08. The van der Waals surface area contributed by atoms with Gasteiger partial charge in [0.05, 0.1) is 18.8 Å². The molecule has 8 nitrogen and oxygen atoms in total. The molecule has 1 aromatic rings. The summed E-state index contributed by atoms with van der Waals surface area (Å²) in [7, 11) is 0. The lowest BCUT2D eigenvalue weighted by atomic mass is 10.0. The number of likely N-dealkylation sites (tertiary alicyclic amines) is 1. The van der Waals surface area contributed by atoms with Gasteiger partial charge < -0.3 is 10.8 Å². The molecule has 1 aliphatic heterocycles. The van der Waals surface area contributed by atoms with Gasteiger partial charge in [-0.1, -0.05) is 11.6 Å². The zero-order valence-corrected chi connectivity index (χ0v) is 10.5. The number of carboxylic acid groups (broad SMARTS) is 1. The molecule has 0 aliphatic carbocycles. The van der Waals surface area contributed by atoms with Crippen LogP contribution in [0.3, 0.4) is 0 Å². The predicted molar refractivity (Wildman–Crippen MR) is 65.4 cm³/mol. The van der Waals surface area contributed by atoms with Gasteiger partial charge in [-0.25, -0.2) is 4.79 Å². The van der Waals surface area contributed by atoms with Crippen molar-refractivity contribution >= 4 is 11.9 Å². The maximum Gasteiger partial charge on any atom is 0.358 e. The Morgan fingerprint density at radius 1 is 1.42 bits per heavy atom. The molecule has 104 valence electrons. The number of aromatic nitrogens is 3. The number of piperidine rings is 1. The summed E-state index contributed by atoms with van der Waals surface area (Å²) in [6, 6.07) is -0.226. The molecule has 1 aliphatic rings. The van der Waals surface area contributed by atoms with Crippen molar-refractivity contribution in [1.29, 1.82) is 0 Å². The van der Waals surface area contributed by atoms with Gasteiger partial charge in [0, 0.05) is 6.54 Å². The second-order valence-corrected chi connectivity index (χ2v) is 4.62. The molecule has 1 fully saturated rings. The minimum atomic E-state index is -1.10. The molecule has 0 aromatic carbocycles. The Balaban J connectivity index is 1.92. The molecule has 0 saturated carbocycles. The van der Waals surface area contributed by atoms with Gasteiger partial charge in [-0.2, -0.15) is 0 Å². The van der Waals surface area contributed by atoms with Gasteiger partial charge in [-0.15, -0.1) is 5.10 Å². The second kappa shape index (κ2) is 5.79. The van der Waals surface area contributed by atoms with Crippen LogP contribution < -0.4 is 5.73 Å².